The van der Waals surface area contributed by atoms with Gasteiger partial charge in [0.2, 0.25) is 0 Å². The van der Waals surface area contributed by atoms with Crippen LogP contribution in [0.15, 0.2) is 43.1 Å². The van der Waals surface area contributed by atoms with Crippen LogP contribution in [0, 0.1) is 0 Å². The zero-order valence-electron chi connectivity index (χ0n) is 14.0. The van der Waals surface area contributed by atoms with Crippen LogP contribution in [0.4, 0.5) is 5.82 Å². The van der Waals surface area contributed by atoms with Crippen molar-refractivity contribution in [1.82, 2.24) is 29.9 Å². The lowest BCUT2D eigenvalue weighted by Crippen LogP contribution is -2.32. The molecule has 1 aliphatic rings. The number of hydrogen-bond acceptors (Lipinski definition) is 5. The summed E-state index contributed by atoms with van der Waals surface area (Å²) in [6, 6.07) is 8.36. The zero-order valence-corrected chi connectivity index (χ0v) is 14.8. The molecule has 0 bridgehead atoms. The Balaban J connectivity index is 1.42. The Hall–Kier alpha value is -2.38. The van der Waals surface area contributed by atoms with Gasteiger partial charge in [-0.25, -0.2) is 9.67 Å². The number of nitrogens with zero attached hydrogens (tertiary/aromatic N) is 6. The highest BCUT2D eigenvalue weighted by Gasteiger charge is 2.23. The zero-order chi connectivity index (χ0) is 17.2. The van der Waals surface area contributed by atoms with E-state index in [2.05, 4.69) is 31.5 Å². The monoisotopic (exact) mass is 357 g/mol. The van der Waals surface area contributed by atoms with Gasteiger partial charge in [0.05, 0.1) is 5.69 Å². The average Bonchev–Trinajstić information content (AvgIpc) is 3.35. The van der Waals surface area contributed by atoms with Crippen LogP contribution in [0.3, 0.4) is 0 Å². The number of hydrogen-bond donors (Lipinski definition) is 1. The van der Waals surface area contributed by atoms with E-state index in [9.17, 15) is 0 Å². The SMILES string of the molecule is Cn1ccc(N2CCC(NCc3ccc(Cl)cc3-n3cncn3)C2)n1. The maximum absolute atomic E-state index is 6.15. The second-order valence-electron chi connectivity index (χ2n) is 6.27. The van der Waals surface area contributed by atoms with Gasteiger partial charge in [-0.3, -0.25) is 4.68 Å². The van der Waals surface area contributed by atoms with Crippen LogP contribution in [-0.2, 0) is 13.6 Å². The van der Waals surface area contributed by atoms with E-state index in [1.54, 1.807) is 11.0 Å². The van der Waals surface area contributed by atoms with E-state index in [0.29, 0.717) is 11.1 Å². The molecule has 0 saturated carbocycles. The largest absolute Gasteiger partial charge is 0.354 e. The Morgan fingerprint density at radius 1 is 1.32 bits per heavy atom. The van der Waals surface area contributed by atoms with Gasteiger partial charge < -0.3 is 10.2 Å². The van der Waals surface area contributed by atoms with E-state index in [4.69, 9.17) is 11.6 Å². The van der Waals surface area contributed by atoms with Crippen molar-refractivity contribution in [3.63, 3.8) is 0 Å². The van der Waals surface area contributed by atoms with E-state index in [0.717, 1.165) is 43.1 Å². The quantitative estimate of drug-likeness (QED) is 0.757. The first-order valence-electron chi connectivity index (χ1n) is 8.30. The first-order chi connectivity index (χ1) is 12.2. The van der Waals surface area contributed by atoms with E-state index >= 15 is 0 Å². The van der Waals surface area contributed by atoms with Gasteiger partial charge in [-0.05, 0) is 24.1 Å². The highest BCUT2D eigenvalue weighted by Crippen LogP contribution is 2.21. The summed E-state index contributed by atoms with van der Waals surface area (Å²) in [5.41, 5.74) is 2.10. The third-order valence-electron chi connectivity index (χ3n) is 4.51. The first kappa shape index (κ1) is 16.1. The minimum atomic E-state index is 0.432. The van der Waals surface area contributed by atoms with Gasteiger partial charge in [-0.2, -0.15) is 10.2 Å². The molecule has 25 heavy (non-hydrogen) atoms. The summed E-state index contributed by atoms with van der Waals surface area (Å²) in [7, 11) is 1.95. The molecule has 0 amide bonds. The van der Waals surface area contributed by atoms with Crippen molar-refractivity contribution in [2.24, 2.45) is 7.05 Å². The van der Waals surface area contributed by atoms with Gasteiger partial charge in [0.25, 0.3) is 0 Å². The van der Waals surface area contributed by atoms with Gasteiger partial charge >= 0.3 is 0 Å². The second-order valence-corrected chi connectivity index (χ2v) is 6.71. The van der Waals surface area contributed by atoms with Crippen LogP contribution in [-0.4, -0.2) is 43.7 Å². The maximum Gasteiger partial charge on any atom is 0.150 e. The lowest BCUT2D eigenvalue weighted by Gasteiger charge is -2.17. The van der Waals surface area contributed by atoms with Crippen molar-refractivity contribution >= 4 is 17.4 Å². The summed E-state index contributed by atoms with van der Waals surface area (Å²) in [6.07, 6.45) is 6.30. The molecular weight excluding hydrogens is 338 g/mol. The second kappa shape index (κ2) is 6.85. The normalized spacial score (nSPS) is 17.4. The number of anilines is 1. The fraction of sp³-hybridized carbons (Fsp3) is 0.353. The summed E-state index contributed by atoms with van der Waals surface area (Å²) in [5.74, 6) is 1.04. The Labute approximate surface area is 151 Å². The van der Waals surface area contributed by atoms with Crippen molar-refractivity contribution in [2.45, 2.75) is 19.0 Å². The highest BCUT2D eigenvalue weighted by atomic mass is 35.5. The number of aromatic nitrogens is 5. The van der Waals surface area contributed by atoms with Gasteiger partial charge in [-0.1, -0.05) is 17.7 Å². The molecule has 0 aliphatic carbocycles. The van der Waals surface area contributed by atoms with E-state index in [1.807, 2.05) is 36.1 Å². The summed E-state index contributed by atoms with van der Waals surface area (Å²) < 4.78 is 3.59. The predicted molar refractivity (Wildman–Crippen MR) is 97.0 cm³/mol. The number of halogens is 1. The molecule has 1 aliphatic heterocycles. The van der Waals surface area contributed by atoms with Crippen molar-refractivity contribution in [1.29, 1.82) is 0 Å². The van der Waals surface area contributed by atoms with Gasteiger partial charge in [0.15, 0.2) is 5.82 Å². The molecule has 1 aromatic carbocycles. The number of benzene rings is 1. The molecule has 3 aromatic rings. The number of rotatable bonds is 5. The molecule has 3 heterocycles. The predicted octanol–water partition coefficient (Wildman–Crippen LogP) is 2.02. The highest BCUT2D eigenvalue weighted by molar-refractivity contribution is 6.30. The van der Waals surface area contributed by atoms with Gasteiger partial charge in [-0.15, -0.1) is 0 Å². The molecule has 1 unspecified atom stereocenters. The number of aryl methyl sites for hydroxylation is 1. The van der Waals surface area contributed by atoms with E-state index in [1.165, 1.54) is 6.33 Å². The van der Waals surface area contributed by atoms with Crippen molar-refractivity contribution in [3.8, 4) is 5.69 Å². The fourth-order valence-electron chi connectivity index (χ4n) is 3.19. The molecule has 2 aromatic heterocycles. The Bertz CT molecular complexity index is 843. The van der Waals surface area contributed by atoms with Crippen LogP contribution in [0.25, 0.3) is 5.69 Å². The summed E-state index contributed by atoms with van der Waals surface area (Å²) in [4.78, 5) is 6.34. The van der Waals surface area contributed by atoms with Crippen LogP contribution in [0.5, 0.6) is 0 Å². The Kier molecular flexibility index (Phi) is 4.42. The maximum atomic E-state index is 6.15. The summed E-state index contributed by atoms with van der Waals surface area (Å²) in [5, 5.41) is 13.0. The van der Waals surface area contributed by atoms with Crippen molar-refractivity contribution in [3.05, 3.63) is 53.7 Å². The standard InChI is InChI=1S/C17H20ClN7/c1-23-6-5-17(22-23)24-7-4-15(10-24)20-9-13-2-3-14(18)8-16(13)25-12-19-11-21-25/h2-3,5-6,8,11-12,15,20H,4,7,9-10H2,1H3. The average molecular weight is 358 g/mol. The molecule has 4 rings (SSSR count). The minimum Gasteiger partial charge on any atom is -0.354 e. The minimum absolute atomic E-state index is 0.432. The molecule has 8 heteroatoms. The topological polar surface area (TPSA) is 63.8 Å². The smallest absolute Gasteiger partial charge is 0.150 e. The van der Waals surface area contributed by atoms with Crippen molar-refractivity contribution in [2.75, 3.05) is 18.0 Å². The molecule has 0 radical (unpaired) electrons. The first-order valence-corrected chi connectivity index (χ1v) is 8.68. The summed E-state index contributed by atoms with van der Waals surface area (Å²) >= 11 is 6.15. The molecule has 1 fully saturated rings. The van der Waals surface area contributed by atoms with E-state index < -0.39 is 0 Å². The van der Waals surface area contributed by atoms with Gasteiger partial charge in [0.1, 0.15) is 12.7 Å². The van der Waals surface area contributed by atoms with Crippen LogP contribution in [0.2, 0.25) is 5.02 Å². The molecular formula is C17H20ClN7. The van der Waals surface area contributed by atoms with Crippen LogP contribution >= 0.6 is 11.6 Å². The lowest BCUT2D eigenvalue weighted by atomic mass is 10.1. The third-order valence-corrected chi connectivity index (χ3v) is 4.74. The fourth-order valence-corrected chi connectivity index (χ4v) is 3.36. The third kappa shape index (κ3) is 3.52. The molecule has 1 N–H and O–H groups in total. The lowest BCUT2D eigenvalue weighted by molar-refractivity contribution is 0.549. The molecule has 7 nitrogen and oxygen atoms in total. The Morgan fingerprint density at radius 3 is 3.00 bits per heavy atom. The summed E-state index contributed by atoms with van der Waals surface area (Å²) in [6.45, 7) is 2.74. The number of nitrogens with one attached hydrogen (secondary N) is 1. The molecule has 130 valence electrons. The van der Waals surface area contributed by atoms with Crippen LogP contribution in [0.1, 0.15) is 12.0 Å². The Morgan fingerprint density at radius 2 is 2.24 bits per heavy atom. The van der Waals surface area contributed by atoms with Gasteiger partial charge in [0, 0.05) is 50.0 Å². The molecule has 0 spiro atoms. The molecule has 1 atom stereocenters. The molecule has 1 saturated heterocycles. The van der Waals surface area contributed by atoms with Crippen molar-refractivity contribution < 1.29 is 0 Å². The van der Waals surface area contributed by atoms with E-state index in [-0.39, 0.29) is 0 Å². The van der Waals surface area contributed by atoms with Crippen LogP contribution < -0.4 is 10.2 Å².